The fraction of sp³-hybridized carbons (Fsp3) is 0.136. The molecule has 0 aromatic heterocycles. The Morgan fingerprint density at radius 1 is 1.03 bits per heavy atom. The molecule has 1 amide bonds. The predicted molar refractivity (Wildman–Crippen MR) is 120 cm³/mol. The lowest BCUT2D eigenvalue weighted by molar-refractivity contribution is 0.102. The van der Waals surface area contributed by atoms with Gasteiger partial charge in [-0.25, -0.2) is 8.42 Å². The van der Waals surface area contributed by atoms with E-state index in [2.05, 4.69) is 5.32 Å². The van der Waals surface area contributed by atoms with E-state index in [1.54, 1.807) is 79.9 Å². The van der Waals surface area contributed by atoms with Gasteiger partial charge in [-0.05, 0) is 48.0 Å². The number of sulfonamides is 1. The first-order chi connectivity index (χ1) is 14.3. The number of hydrogen-bond donors (Lipinski definition) is 1. The van der Waals surface area contributed by atoms with Crippen LogP contribution in [0.1, 0.15) is 15.9 Å². The Morgan fingerprint density at radius 2 is 1.73 bits per heavy atom. The van der Waals surface area contributed by atoms with Crippen molar-refractivity contribution in [3.63, 3.8) is 0 Å². The highest BCUT2D eigenvalue weighted by Crippen LogP contribution is 2.24. The first-order valence-corrected chi connectivity index (χ1v) is 11.3. The third-order valence-corrected chi connectivity index (χ3v) is 5.74. The van der Waals surface area contributed by atoms with Crippen molar-refractivity contribution in [2.75, 3.05) is 23.0 Å². The minimum Gasteiger partial charge on any atom is -0.497 e. The maximum atomic E-state index is 12.5. The molecule has 3 aromatic rings. The number of nitrogens with one attached hydrogen (secondary N) is 1. The van der Waals surface area contributed by atoms with Crippen molar-refractivity contribution in [2.24, 2.45) is 0 Å². The molecule has 1 N–H and O–H groups in total. The molecule has 6 nitrogen and oxygen atoms in total. The molecule has 0 saturated carbocycles. The number of hydrogen-bond acceptors (Lipinski definition) is 4. The van der Waals surface area contributed by atoms with Crippen molar-refractivity contribution in [2.45, 2.75) is 6.54 Å². The van der Waals surface area contributed by atoms with Crippen molar-refractivity contribution in [1.82, 2.24) is 0 Å². The zero-order valence-corrected chi connectivity index (χ0v) is 18.1. The van der Waals surface area contributed by atoms with Crippen LogP contribution in [-0.4, -0.2) is 27.7 Å². The monoisotopic (exact) mass is 444 g/mol. The SMILES string of the molecule is COc1cccc(NC(=O)c2ccc(CN(c3cccc(Cl)c3)S(C)(=O)=O)cc2)c1. The van der Waals surface area contributed by atoms with Crippen molar-refractivity contribution in [1.29, 1.82) is 0 Å². The van der Waals surface area contributed by atoms with Crippen molar-refractivity contribution >= 4 is 38.9 Å². The number of methoxy groups -OCH3 is 1. The molecule has 0 spiro atoms. The van der Waals surface area contributed by atoms with Gasteiger partial charge in [-0.2, -0.15) is 0 Å². The molecule has 0 bridgehead atoms. The number of carbonyl (C=O) groups is 1. The smallest absolute Gasteiger partial charge is 0.255 e. The van der Waals surface area contributed by atoms with E-state index in [1.807, 2.05) is 0 Å². The maximum absolute atomic E-state index is 12.5. The molecule has 0 atom stereocenters. The molecule has 0 unspecified atom stereocenters. The highest BCUT2D eigenvalue weighted by Gasteiger charge is 2.18. The van der Waals surface area contributed by atoms with Gasteiger partial charge >= 0.3 is 0 Å². The van der Waals surface area contributed by atoms with E-state index in [0.717, 1.165) is 11.8 Å². The fourth-order valence-electron chi connectivity index (χ4n) is 2.86. The van der Waals surface area contributed by atoms with E-state index in [0.29, 0.717) is 27.7 Å². The second-order valence-corrected chi connectivity index (χ2v) is 8.98. The lowest BCUT2D eigenvalue weighted by Crippen LogP contribution is -2.29. The number of carbonyl (C=O) groups excluding carboxylic acids is 1. The van der Waals surface area contributed by atoms with Crippen LogP contribution in [0, 0.1) is 0 Å². The van der Waals surface area contributed by atoms with Gasteiger partial charge in [-0.1, -0.05) is 35.9 Å². The van der Waals surface area contributed by atoms with Crippen molar-refractivity contribution in [3.05, 3.63) is 88.9 Å². The van der Waals surface area contributed by atoms with Crippen molar-refractivity contribution < 1.29 is 17.9 Å². The summed E-state index contributed by atoms with van der Waals surface area (Å²) in [5.41, 5.74) is 2.28. The van der Waals surface area contributed by atoms with Gasteiger partial charge in [0.2, 0.25) is 10.0 Å². The largest absolute Gasteiger partial charge is 0.497 e. The molecule has 0 heterocycles. The van der Waals surface area contributed by atoms with Crippen LogP contribution < -0.4 is 14.4 Å². The summed E-state index contributed by atoms with van der Waals surface area (Å²) in [6.07, 6.45) is 1.14. The van der Waals surface area contributed by atoms with Crippen LogP contribution in [0.4, 0.5) is 11.4 Å². The number of amides is 1. The summed E-state index contributed by atoms with van der Waals surface area (Å²) in [4.78, 5) is 12.5. The predicted octanol–water partition coefficient (Wildman–Crippen LogP) is 4.57. The molecule has 0 fully saturated rings. The number of nitrogens with zero attached hydrogens (tertiary/aromatic N) is 1. The molecule has 0 saturated heterocycles. The lowest BCUT2D eigenvalue weighted by atomic mass is 10.1. The summed E-state index contributed by atoms with van der Waals surface area (Å²) in [7, 11) is -1.96. The van der Waals surface area contributed by atoms with Crippen LogP contribution in [0.3, 0.4) is 0 Å². The van der Waals surface area contributed by atoms with Crippen molar-refractivity contribution in [3.8, 4) is 5.75 Å². The summed E-state index contributed by atoms with van der Waals surface area (Å²) in [5.74, 6) is 0.370. The zero-order valence-electron chi connectivity index (χ0n) is 16.5. The Balaban J connectivity index is 1.76. The van der Waals surface area contributed by atoms with E-state index in [1.165, 1.54) is 4.31 Å². The molecular weight excluding hydrogens is 424 g/mol. The molecule has 0 aliphatic carbocycles. The van der Waals surface area contributed by atoms with Gasteiger partial charge in [0.15, 0.2) is 0 Å². The number of ether oxygens (including phenoxy) is 1. The standard InChI is InChI=1S/C22H21ClN2O4S/c1-29-21-8-4-6-19(14-21)24-22(26)17-11-9-16(10-12-17)15-25(30(2,27)28)20-7-3-5-18(23)13-20/h3-14H,15H2,1-2H3,(H,24,26). The first-order valence-electron chi connectivity index (χ1n) is 9.04. The van der Waals surface area contributed by atoms with E-state index >= 15 is 0 Å². The highest BCUT2D eigenvalue weighted by atomic mass is 35.5. The van der Waals surface area contributed by atoms with Gasteiger partial charge in [0, 0.05) is 22.3 Å². The second-order valence-electron chi connectivity index (χ2n) is 6.63. The van der Waals surface area contributed by atoms with Crippen LogP contribution in [-0.2, 0) is 16.6 Å². The maximum Gasteiger partial charge on any atom is 0.255 e. The van der Waals surface area contributed by atoms with Gasteiger partial charge in [0.05, 0.1) is 25.6 Å². The Hall–Kier alpha value is -3.03. The van der Waals surface area contributed by atoms with Gasteiger partial charge in [0.1, 0.15) is 5.75 Å². The molecule has 0 aliphatic rings. The normalized spacial score (nSPS) is 11.0. The van der Waals surface area contributed by atoms with E-state index in [9.17, 15) is 13.2 Å². The summed E-state index contributed by atoms with van der Waals surface area (Å²) in [6, 6.07) is 20.5. The number of anilines is 2. The number of benzene rings is 3. The van der Waals surface area contributed by atoms with Gasteiger partial charge in [-0.3, -0.25) is 9.10 Å². The summed E-state index contributed by atoms with van der Waals surface area (Å²) < 4.78 is 31.0. The summed E-state index contributed by atoms with van der Waals surface area (Å²) >= 11 is 6.01. The molecule has 3 aromatic carbocycles. The minimum atomic E-state index is -3.52. The van der Waals surface area contributed by atoms with Crippen LogP contribution in [0.5, 0.6) is 5.75 Å². The molecule has 0 aliphatic heterocycles. The highest BCUT2D eigenvalue weighted by molar-refractivity contribution is 7.92. The average Bonchev–Trinajstić information content (AvgIpc) is 2.71. The average molecular weight is 445 g/mol. The minimum absolute atomic E-state index is 0.122. The third kappa shape index (κ3) is 5.52. The molecule has 3 rings (SSSR count). The lowest BCUT2D eigenvalue weighted by Gasteiger charge is -2.22. The van der Waals surface area contributed by atoms with Crippen LogP contribution in [0.2, 0.25) is 5.02 Å². The van der Waals surface area contributed by atoms with E-state index in [4.69, 9.17) is 16.3 Å². The topological polar surface area (TPSA) is 75.7 Å². The molecule has 0 radical (unpaired) electrons. The molecular formula is C22H21ClN2O4S. The van der Waals surface area contributed by atoms with Crippen LogP contribution in [0.25, 0.3) is 0 Å². The quantitative estimate of drug-likeness (QED) is 0.579. The van der Waals surface area contributed by atoms with Crippen LogP contribution in [0.15, 0.2) is 72.8 Å². The van der Waals surface area contributed by atoms with Gasteiger partial charge in [0.25, 0.3) is 5.91 Å². The summed E-state index contributed by atoms with van der Waals surface area (Å²) in [5, 5.41) is 3.26. The number of halogens is 1. The summed E-state index contributed by atoms with van der Waals surface area (Å²) in [6.45, 7) is 0.122. The Kier molecular flexibility index (Phi) is 6.64. The van der Waals surface area contributed by atoms with E-state index < -0.39 is 10.0 Å². The van der Waals surface area contributed by atoms with Crippen LogP contribution >= 0.6 is 11.6 Å². The Morgan fingerprint density at radius 3 is 2.37 bits per heavy atom. The van der Waals surface area contributed by atoms with E-state index in [-0.39, 0.29) is 12.5 Å². The number of rotatable bonds is 7. The molecule has 156 valence electrons. The Labute approximate surface area is 181 Å². The second kappa shape index (κ2) is 9.19. The Bertz CT molecular complexity index is 1150. The fourth-order valence-corrected chi connectivity index (χ4v) is 3.93. The third-order valence-electron chi connectivity index (χ3n) is 4.37. The first kappa shape index (κ1) is 21.7. The van der Waals surface area contributed by atoms with Gasteiger partial charge < -0.3 is 10.1 Å². The zero-order chi connectivity index (χ0) is 21.7. The molecule has 8 heteroatoms. The van der Waals surface area contributed by atoms with Gasteiger partial charge in [-0.15, -0.1) is 0 Å². The molecule has 30 heavy (non-hydrogen) atoms.